The van der Waals surface area contributed by atoms with E-state index in [4.69, 9.17) is 17.3 Å². The quantitative estimate of drug-likeness (QED) is 0.610. The van der Waals surface area contributed by atoms with Gasteiger partial charge in [-0.25, -0.2) is 9.37 Å². The molecule has 0 saturated carbocycles. The van der Waals surface area contributed by atoms with Gasteiger partial charge >= 0.3 is 0 Å². The van der Waals surface area contributed by atoms with Crippen LogP contribution in [0.3, 0.4) is 0 Å². The number of hydrogen-bond donors (Lipinski definition) is 2. The van der Waals surface area contributed by atoms with Gasteiger partial charge in [-0.15, -0.1) is 0 Å². The summed E-state index contributed by atoms with van der Waals surface area (Å²) in [5.41, 5.74) is 6.32. The molecule has 0 unspecified atom stereocenters. The van der Waals surface area contributed by atoms with Crippen LogP contribution in [0.1, 0.15) is 10.4 Å². The predicted octanol–water partition coefficient (Wildman–Crippen LogP) is 3.31. The minimum absolute atomic E-state index is 0.138. The minimum Gasteiger partial charge on any atom is -0.384 e. The summed E-state index contributed by atoms with van der Waals surface area (Å²) in [7, 11) is 0. The van der Waals surface area contributed by atoms with E-state index in [0.717, 1.165) is 0 Å². The molecule has 19 heavy (non-hydrogen) atoms. The Morgan fingerprint density at radius 1 is 1.37 bits per heavy atom. The van der Waals surface area contributed by atoms with Crippen molar-refractivity contribution in [3.8, 4) is 0 Å². The van der Waals surface area contributed by atoms with Gasteiger partial charge in [0.15, 0.2) is 0 Å². The van der Waals surface area contributed by atoms with Crippen molar-refractivity contribution in [3.63, 3.8) is 0 Å². The number of halogens is 3. The maximum atomic E-state index is 13.0. The van der Waals surface area contributed by atoms with Crippen molar-refractivity contribution < 1.29 is 9.18 Å². The number of nitrogen functional groups attached to an aromatic ring is 1. The molecule has 0 radical (unpaired) electrons. The number of anilines is 2. The molecule has 1 amide bonds. The number of benzene rings is 1. The van der Waals surface area contributed by atoms with Gasteiger partial charge in [-0.05, 0) is 52.9 Å². The van der Waals surface area contributed by atoms with Crippen LogP contribution in [0.4, 0.5) is 15.9 Å². The Morgan fingerprint density at radius 3 is 2.74 bits per heavy atom. The summed E-state index contributed by atoms with van der Waals surface area (Å²) in [5, 5.41) is 2.79. The molecule has 1 heterocycles. The summed E-state index contributed by atoms with van der Waals surface area (Å²) in [4.78, 5) is 15.8. The summed E-state index contributed by atoms with van der Waals surface area (Å²) in [5.74, 6) is -0.592. The highest BCUT2D eigenvalue weighted by Gasteiger charge is 2.10. The van der Waals surface area contributed by atoms with Gasteiger partial charge in [-0.1, -0.05) is 11.6 Å². The van der Waals surface area contributed by atoms with Gasteiger partial charge in [-0.2, -0.15) is 0 Å². The zero-order valence-corrected chi connectivity index (χ0v) is 12.4. The summed E-state index contributed by atoms with van der Waals surface area (Å²) in [6.07, 6.45) is 0. The van der Waals surface area contributed by atoms with Crippen molar-refractivity contribution in [1.29, 1.82) is 0 Å². The van der Waals surface area contributed by atoms with Gasteiger partial charge in [0.05, 0.1) is 5.69 Å². The van der Waals surface area contributed by atoms with E-state index < -0.39 is 0 Å². The van der Waals surface area contributed by atoms with Crippen molar-refractivity contribution in [1.82, 2.24) is 4.98 Å². The van der Waals surface area contributed by atoms with Gasteiger partial charge in [0.1, 0.15) is 16.8 Å². The molecule has 1 aromatic heterocycles. The smallest absolute Gasteiger partial charge is 0.255 e. The zero-order chi connectivity index (χ0) is 14.0. The lowest BCUT2D eigenvalue weighted by Gasteiger charge is -2.08. The maximum absolute atomic E-state index is 13.0. The first-order valence-corrected chi connectivity index (χ1v) is 6.61. The van der Waals surface area contributed by atoms with E-state index in [1.54, 1.807) is 0 Å². The number of aromatic nitrogens is 1. The van der Waals surface area contributed by atoms with Crippen LogP contribution in [0.25, 0.3) is 0 Å². The van der Waals surface area contributed by atoms with E-state index in [0.29, 0.717) is 9.26 Å². The highest BCUT2D eigenvalue weighted by Crippen LogP contribution is 2.20. The molecule has 0 fully saturated rings. The normalized spacial score (nSPS) is 10.3. The largest absolute Gasteiger partial charge is 0.384 e. The van der Waals surface area contributed by atoms with Gasteiger partial charge in [0, 0.05) is 9.13 Å². The van der Waals surface area contributed by atoms with Crippen LogP contribution in [-0.2, 0) is 0 Å². The molecular weight excluding hydrogens is 384 g/mol. The van der Waals surface area contributed by atoms with E-state index in [1.165, 1.54) is 30.3 Å². The molecule has 0 aliphatic heterocycles. The van der Waals surface area contributed by atoms with Crippen LogP contribution in [0.15, 0.2) is 30.3 Å². The highest BCUT2D eigenvalue weighted by molar-refractivity contribution is 14.1. The average Bonchev–Trinajstić information content (AvgIpc) is 2.31. The molecule has 7 heteroatoms. The first-order valence-electron chi connectivity index (χ1n) is 5.15. The Bertz CT molecular complexity index is 631. The minimum atomic E-state index is -0.388. The van der Waals surface area contributed by atoms with Crippen LogP contribution >= 0.6 is 34.2 Å². The Labute approximate surface area is 127 Å². The lowest BCUT2D eigenvalue weighted by Crippen LogP contribution is -2.13. The number of carbonyl (C=O) groups excluding carboxylic acids is 1. The Hall–Kier alpha value is -1.41. The summed E-state index contributed by atoms with van der Waals surface area (Å²) in [6, 6.07) is 6.90. The maximum Gasteiger partial charge on any atom is 0.255 e. The van der Waals surface area contributed by atoms with E-state index in [2.05, 4.69) is 10.3 Å². The molecule has 0 saturated heterocycles. The molecule has 0 aliphatic rings. The van der Waals surface area contributed by atoms with Crippen LogP contribution in [-0.4, -0.2) is 10.9 Å². The third-order valence-electron chi connectivity index (χ3n) is 2.26. The molecule has 98 valence electrons. The number of nitrogens with zero attached hydrogens (tertiary/aromatic N) is 1. The number of rotatable bonds is 2. The van der Waals surface area contributed by atoms with E-state index >= 15 is 0 Å². The first kappa shape index (κ1) is 14.0. The molecule has 2 rings (SSSR count). The van der Waals surface area contributed by atoms with Crippen molar-refractivity contribution in [2.75, 3.05) is 11.1 Å². The number of pyridine rings is 1. The van der Waals surface area contributed by atoms with Crippen LogP contribution in [0.5, 0.6) is 0 Å². The van der Waals surface area contributed by atoms with Crippen LogP contribution < -0.4 is 11.1 Å². The molecule has 1 aromatic carbocycles. The lowest BCUT2D eigenvalue weighted by atomic mass is 10.2. The second-order valence-electron chi connectivity index (χ2n) is 3.68. The summed E-state index contributed by atoms with van der Waals surface area (Å²) in [6.45, 7) is 0. The van der Waals surface area contributed by atoms with Crippen molar-refractivity contribution in [2.24, 2.45) is 0 Å². The number of nitrogens with two attached hydrogens (primary N) is 1. The van der Waals surface area contributed by atoms with Gasteiger partial charge in [0.2, 0.25) is 0 Å². The fourth-order valence-electron chi connectivity index (χ4n) is 1.43. The Balaban J connectivity index is 2.25. The third kappa shape index (κ3) is 3.54. The van der Waals surface area contributed by atoms with Crippen molar-refractivity contribution >= 4 is 51.6 Å². The predicted molar refractivity (Wildman–Crippen MR) is 80.7 cm³/mol. The molecule has 0 bridgehead atoms. The van der Waals surface area contributed by atoms with Gasteiger partial charge in [-0.3, -0.25) is 4.79 Å². The van der Waals surface area contributed by atoms with E-state index in [9.17, 15) is 9.18 Å². The molecule has 0 spiro atoms. The topological polar surface area (TPSA) is 68.0 Å². The molecule has 4 nitrogen and oxygen atoms in total. The standard InChI is InChI=1S/C12H8ClFIN3O/c13-10-3-6(4-11(16)18-10)12(19)17-9-2-1-7(14)5-8(9)15/h1-5H,(H2,16,18)(H,17,19). The molecular formula is C12H8ClFIN3O. The van der Waals surface area contributed by atoms with E-state index in [-0.39, 0.29) is 28.3 Å². The molecule has 2 aromatic rings. The first-order chi connectivity index (χ1) is 8.95. The van der Waals surface area contributed by atoms with Gasteiger partial charge < -0.3 is 11.1 Å². The van der Waals surface area contributed by atoms with Crippen LogP contribution in [0, 0.1) is 9.39 Å². The molecule has 3 N–H and O–H groups in total. The van der Waals surface area contributed by atoms with Crippen molar-refractivity contribution in [3.05, 3.63) is 50.4 Å². The lowest BCUT2D eigenvalue weighted by molar-refractivity contribution is 0.102. The number of carbonyl (C=O) groups is 1. The SMILES string of the molecule is Nc1cc(C(=O)Nc2ccc(F)cc2I)cc(Cl)n1. The second kappa shape index (κ2) is 5.70. The second-order valence-corrected chi connectivity index (χ2v) is 5.23. The number of hydrogen-bond acceptors (Lipinski definition) is 3. The fraction of sp³-hybridized carbons (Fsp3) is 0. The number of nitrogens with one attached hydrogen (secondary N) is 1. The molecule has 0 aliphatic carbocycles. The van der Waals surface area contributed by atoms with Gasteiger partial charge in [0.25, 0.3) is 5.91 Å². The van der Waals surface area contributed by atoms with E-state index in [1.807, 2.05) is 22.6 Å². The molecule has 0 atom stereocenters. The third-order valence-corrected chi connectivity index (χ3v) is 3.34. The fourth-order valence-corrected chi connectivity index (χ4v) is 2.26. The number of amides is 1. The van der Waals surface area contributed by atoms with Crippen LogP contribution in [0.2, 0.25) is 5.15 Å². The van der Waals surface area contributed by atoms with Crippen molar-refractivity contribution in [2.45, 2.75) is 0 Å². The summed E-state index contributed by atoms with van der Waals surface area (Å²) < 4.78 is 13.6. The zero-order valence-electron chi connectivity index (χ0n) is 9.45. The average molecular weight is 392 g/mol. The monoisotopic (exact) mass is 391 g/mol. The summed E-state index contributed by atoms with van der Waals surface area (Å²) >= 11 is 7.66. The highest BCUT2D eigenvalue weighted by atomic mass is 127. The Kier molecular flexibility index (Phi) is 4.20. The Morgan fingerprint density at radius 2 is 2.11 bits per heavy atom.